The van der Waals surface area contributed by atoms with E-state index in [-0.39, 0.29) is 12.7 Å². The molecule has 0 atom stereocenters. The van der Waals surface area contributed by atoms with Gasteiger partial charge in [0.2, 0.25) is 0 Å². The van der Waals surface area contributed by atoms with Crippen molar-refractivity contribution in [3.05, 3.63) is 17.7 Å². The van der Waals surface area contributed by atoms with Crippen LogP contribution in [0.3, 0.4) is 0 Å². The highest BCUT2D eigenvalue weighted by Gasteiger charge is 2.28. The van der Waals surface area contributed by atoms with E-state index in [0.29, 0.717) is 25.4 Å². The molecule has 118 valence electrons. The lowest BCUT2D eigenvalue weighted by Gasteiger charge is -2.32. The van der Waals surface area contributed by atoms with Gasteiger partial charge in [0.1, 0.15) is 11.4 Å². The summed E-state index contributed by atoms with van der Waals surface area (Å²) in [6.45, 7) is 7.13. The molecular weight excluding hydrogens is 270 g/mol. The van der Waals surface area contributed by atoms with E-state index < -0.39 is 5.60 Å². The molecule has 0 spiro atoms. The second-order valence-electron chi connectivity index (χ2n) is 6.49. The third kappa shape index (κ3) is 4.46. The fraction of sp³-hybridized carbons (Fsp3) is 0.733. The molecule has 0 aromatic carbocycles. The quantitative estimate of drug-likeness (QED) is 0.894. The van der Waals surface area contributed by atoms with Crippen LogP contribution < -0.4 is 0 Å². The summed E-state index contributed by atoms with van der Waals surface area (Å²) >= 11 is 0. The minimum Gasteiger partial charge on any atom is -0.444 e. The first kappa shape index (κ1) is 15.8. The van der Waals surface area contributed by atoms with Gasteiger partial charge >= 0.3 is 6.09 Å². The number of hydrogen-bond donors (Lipinski definition) is 2. The number of H-pyrrole nitrogens is 1. The van der Waals surface area contributed by atoms with Crippen LogP contribution in [0.25, 0.3) is 0 Å². The highest BCUT2D eigenvalue weighted by atomic mass is 16.6. The highest BCUT2D eigenvalue weighted by Crippen LogP contribution is 2.26. The van der Waals surface area contributed by atoms with Gasteiger partial charge in [-0.05, 0) is 33.6 Å². The van der Waals surface area contributed by atoms with Crippen LogP contribution in [0.1, 0.15) is 51.0 Å². The van der Waals surface area contributed by atoms with E-state index in [1.165, 1.54) is 0 Å². The van der Waals surface area contributed by atoms with E-state index in [1.54, 1.807) is 4.90 Å². The number of nitrogens with one attached hydrogen (secondary N) is 1. The Hall–Kier alpha value is -1.56. The molecule has 6 nitrogen and oxygen atoms in total. The number of nitrogens with zero attached hydrogens (tertiary/aromatic N) is 2. The summed E-state index contributed by atoms with van der Waals surface area (Å²) in [5, 5.41) is 8.92. The molecule has 1 aromatic heterocycles. The number of aromatic nitrogens is 2. The number of carbonyl (C=O) groups excluding carboxylic acids is 1. The number of aromatic amines is 1. The fourth-order valence-corrected chi connectivity index (χ4v) is 2.49. The van der Waals surface area contributed by atoms with E-state index in [0.717, 1.165) is 24.4 Å². The van der Waals surface area contributed by atoms with Crippen LogP contribution in [0, 0.1) is 0 Å². The summed E-state index contributed by atoms with van der Waals surface area (Å²) in [6, 6.07) is 0. The van der Waals surface area contributed by atoms with E-state index >= 15 is 0 Å². The molecule has 2 heterocycles. The molecule has 21 heavy (non-hydrogen) atoms. The molecular formula is C15H25N3O3. The van der Waals surface area contributed by atoms with Gasteiger partial charge in [-0.1, -0.05) is 0 Å². The molecule has 1 aliphatic heterocycles. The molecule has 2 N–H and O–H groups in total. The average molecular weight is 295 g/mol. The van der Waals surface area contributed by atoms with Crippen molar-refractivity contribution >= 4 is 6.09 Å². The molecule has 0 bridgehead atoms. The van der Waals surface area contributed by atoms with Crippen LogP contribution in [0.2, 0.25) is 0 Å². The number of amides is 1. The number of hydrogen-bond acceptors (Lipinski definition) is 4. The molecule has 1 aliphatic rings. The van der Waals surface area contributed by atoms with Gasteiger partial charge in [0.05, 0.1) is 5.69 Å². The predicted molar refractivity (Wildman–Crippen MR) is 79.2 cm³/mol. The van der Waals surface area contributed by atoms with Gasteiger partial charge in [-0.15, -0.1) is 0 Å². The van der Waals surface area contributed by atoms with Crippen molar-refractivity contribution in [2.75, 3.05) is 19.7 Å². The summed E-state index contributed by atoms with van der Waals surface area (Å²) < 4.78 is 5.39. The third-order valence-electron chi connectivity index (χ3n) is 3.55. The largest absolute Gasteiger partial charge is 0.444 e. The van der Waals surface area contributed by atoms with Crippen LogP contribution in [0.15, 0.2) is 6.20 Å². The van der Waals surface area contributed by atoms with Crippen LogP contribution >= 0.6 is 0 Å². The summed E-state index contributed by atoms with van der Waals surface area (Å²) in [6.07, 6.45) is 3.96. The van der Waals surface area contributed by atoms with E-state index in [9.17, 15) is 4.79 Å². The molecule has 1 saturated heterocycles. The molecule has 0 saturated carbocycles. The van der Waals surface area contributed by atoms with Crippen molar-refractivity contribution in [3.63, 3.8) is 0 Å². The SMILES string of the molecule is CC(C)(C)OC(=O)N1CCC(c2nc(CCO)c[nH]2)CC1. The van der Waals surface area contributed by atoms with Gasteiger partial charge in [-0.3, -0.25) is 0 Å². The van der Waals surface area contributed by atoms with Crippen LogP contribution in [0.4, 0.5) is 4.79 Å². The maximum Gasteiger partial charge on any atom is 0.410 e. The van der Waals surface area contributed by atoms with Crippen LogP contribution in [-0.2, 0) is 11.2 Å². The van der Waals surface area contributed by atoms with Crippen molar-refractivity contribution in [1.82, 2.24) is 14.9 Å². The summed E-state index contributed by atoms with van der Waals surface area (Å²) in [5.41, 5.74) is 0.441. The molecule has 0 aliphatic carbocycles. The minimum absolute atomic E-state index is 0.112. The maximum atomic E-state index is 12.0. The molecule has 0 unspecified atom stereocenters. The first-order valence-corrected chi connectivity index (χ1v) is 7.52. The van der Waals surface area contributed by atoms with Crippen molar-refractivity contribution in [3.8, 4) is 0 Å². The van der Waals surface area contributed by atoms with E-state index in [4.69, 9.17) is 9.84 Å². The summed E-state index contributed by atoms with van der Waals surface area (Å²) in [4.78, 5) is 21.5. The second-order valence-corrected chi connectivity index (χ2v) is 6.49. The maximum absolute atomic E-state index is 12.0. The van der Waals surface area contributed by atoms with Crippen molar-refractivity contribution in [1.29, 1.82) is 0 Å². The van der Waals surface area contributed by atoms with Crippen molar-refractivity contribution < 1.29 is 14.6 Å². The Bertz CT molecular complexity index is 471. The Kier molecular flexibility index (Phi) is 4.88. The lowest BCUT2D eigenvalue weighted by atomic mass is 9.96. The first-order valence-electron chi connectivity index (χ1n) is 7.52. The molecule has 2 rings (SSSR count). The number of ether oxygens (including phenoxy) is 1. The Morgan fingerprint density at radius 2 is 2.14 bits per heavy atom. The Labute approximate surface area is 125 Å². The van der Waals surface area contributed by atoms with Gasteiger partial charge in [0.25, 0.3) is 0 Å². The number of rotatable bonds is 3. The summed E-state index contributed by atoms with van der Waals surface area (Å²) in [7, 11) is 0. The van der Waals surface area contributed by atoms with Gasteiger partial charge in [0, 0.05) is 38.2 Å². The standard InChI is InChI=1S/C15H25N3O3/c1-15(2,3)21-14(20)18-7-4-11(5-8-18)13-16-10-12(17-13)6-9-19/h10-11,19H,4-9H2,1-3H3,(H,16,17). The van der Waals surface area contributed by atoms with Crippen molar-refractivity contribution in [2.45, 2.75) is 51.6 Å². The highest BCUT2D eigenvalue weighted by molar-refractivity contribution is 5.68. The monoisotopic (exact) mass is 295 g/mol. The topological polar surface area (TPSA) is 78.4 Å². The summed E-state index contributed by atoms with van der Waals surface area (Å²) in [5.74, 6) is 1.30. The number of carbonyl (C=O) groups is 1. The molecule has 6 heteroatoms. The van der Waals surface area contributed by atoms with Crippen LogP contribution in [0.5, 0.6) is 0 Å². The fourth-order valence-electron chi connectivity index (χ4n) is 2.49. The number of imidazole rings is 1. The lowest BCUT2D eigenvalue weighted by molar-refractivity contribution is 0.0203. The number of aliphatic hydroxyl groups excluding tert-OH is 1. The zero-order valence-electron chi connectivity index (χ0n) is 13.1. The molecule has 1 amide bonds. The third-order valence-corrected chi connectivity index (χ3v) is 3.55. The van der Waals surface area contributed by atoms with E-state index in [1.807, 2.05) is 27.0 Å². The van der Waals surface area contributed by atoms with Gasteiger partial charge < -0.3 is 19.7 Å². The number of piperidine rings is 1. The average Bonchev–Trinajstić information content (AvgIpc) is 2.86. The second kappa shape index (κ2) is 6.47. The van der Waals surface area contributed by atoms with Crippen molar-refractivity contribution in [2.24, 2.45) is 0 Å². The number of aliphatic hydroxyl groups is 1. The lowest BCUT2D eigenvalue weighted by Crippen LogP contribution is -2.41. The van der Waals surface area contributed by atoms with E-state index in [2.05, 4.69) is 9.97 Å². The number of likely N-dealkylation sites (tertiary alicyclic amines) is 1. The molecule has 1 aromatic rings. The van der Waals surface area contributed by atoms with Crippen LogP contribution in [-0.4, -0.2) is 51.4 Å². The van der Waals surface area contributed by atoms with Gasteiger partial charge in [0.15, 0.2) is 0 Å². The molecule has 1 fully saturated rings. The van der Waals surface area contributed by atoms with Gasteiger partial charge in [-0.25, -0.2) is 9.78 Å². The molecule has 0 radical (unpaired) electrons. The Balaban J connectivity index is 1.86. The zero-order valence-corrected chi connectivity index (χ0v) is 13.1. The normalized spacial score (nSPS) is 17.0. The first-order chi connectivity index (χ1) is 9.89. The smallest absolute Gasteiger partial charge is 0.410 e. The minimum atomic E-state index is -0.450. The Morgan fingerprint density at radius 3 is 2.71 bits per heavy atom. The Morgan fingerprint density at radius 1 is 1.48 bits per heavy atom. The predicted octanol–water partition coefficient (Wildman–Crippen LogP) is 2.06. The zero-order chi connectivity index (χ0) is 15.5. The van der Waals surface area contributed by atoms with Gasteiger partial charge in [-0.2, -0.15) is 0 Å².